The molecule has 1 aliphatic heterocycles. The molecule has 70 valence electrons. The summed E-state index contributed by atoms with van der Waals surface area (Å²) in [6.07, 6.45) is 1.85. The molecular weight excluding hydrogens is 277 g/mol. The summed E-state index contributed by atoms with van der Waals surface area (Å²) in [7, 11) is 0. The molecule has 1 saturated heterocycles. The normalized spacial score (nSPS) is 19.0. The van der Waals surface area contributed by atoms with Crippen LogP contribution in [-0.2, 0) is 0 Å². The molecule has 0 saturated carbocycles. The predicted octanol–water partition coefficient (Wildman–Crippen LogP) is 1.55. The standard InChI is InChI=1S/C9H12IN3/c10-13-7-5-12(6-8-13)9-3-1-2-4-11-9/h1-4H,5-8H2. The summed E-state index contributed by atoms with van der Waals surface area (Å²) in [6, 6.07) is 6.07. The van der Waals surface area contributed by atoms with Crippen molar-refractivity contribution in [2.45, 2.75) is 0 Å². The first-order valence-electron chi connectivity index (χ1n) is 4.43. The van der Waals surface area contributed by atoms with Crippen LogP contribution in [0.3, 0.4) is 0 Å². The molecule has 0 N–H and O–H groups in total. The van der Waals surface area contributed by atoms with E-state index in [2.05, 4.69) is 41.9 Å². The highest BCUT2D eigenvalue weighted by atomic mass is 127. The Kier molecular flexibility index (Phi) is 3.00. The van der Waals surface area contributed by atoms with Crippen LogP contribution in [0.2, 0.25) is 0 Å². The highest BCUT2D eigenvalue weighted by Crippen LogP contribution is 2.13. The number of rotatable bonds is 1. The van der Waals surface area contributed by atoms with Gasteiger partial charge in [0.25, 0.3) is 0 Å². The van der Waals surface area contributed by atoms with Crippen LogP contribution in [-0.4, -0.2) is 34.3 Å². The molecule has 2 heterocycles. The average Bonchev–Trinajstić information content (AvgIpc) is 2.20. The molecule has 0 atom stereocenters. The maximum absolute atomic E-state index is 4.33. The molecule has 2 rings (SSSR count). The van der Waals surface area contributed by atoms with Gasteiger partial charge in [-0.15, -0.1) is 0 Å². The molecule has 0 aliphatic carbocycles. The molecule has 0 amide bonds. The lowest BCUT2D eigenvalue weighted by atomic mass is 10.3. The van der Waals surface area contributed by atoms with E-state index in [9.17, 15) is 0 Å². The minimum Gasteiger partial charge on any atom is -0.354 e. The lowest BCUT2D eigenvalue weighted by molar-refractivity contribution is 0.458. The van der Waals surface area contributed by atoms with Crippen LogP contribution in [0.25, 0.3) is 0 Å². The van der Waals surface area contributed by atoms with Gasteiger partial charge in [-0.3, -0.25) is 0 Å². The Balaban J connectivity index is 2.03. The van der Waals surface area contributed by atoms with Gasteiger partial charge in [-0.25, -0.2) is 8.10 Å². The predicted molar refractivity (Wildman–Crippen MR) is 62.0 cm³/mol. The van der Waals surface area contributed by atoms with Crippen LogP contribution in [0.4, 0.5) is 5.82 Å². The van der Waals surface area contributed by atoms with Crippen molar-refractivity contribution in [1.29, 1.82) is 0 Å². The Morgan fingerprint density at radius 1 is 1.15 bits per heavy atom. The molecular formula is C9H12IN3. The van der Waals surface area contributed by atoms with Crippen LogP contribution in [0.5, 0.6) is 0 Å². The van der Waals surface area contributed by atoms with Crippen molar-refractivity contribution in [3.63, 3.8) is 0 Å². The molecule has 0 spiro atoms. The van der Waals surface area contributed by atoms with Crippen molar-refractivity contribution in [2.24, 2.45) is 0 Å². The van der Waals surface area contributed by atoms with Gasteiger partial charge in [0, 0.05) is 55.2 Å². The van der Waals surface area contributed by atoms with Crippen LogP contribution in [0, 0.1) is 0 Å². The van der Waals surface area contributed by atoms with Crippen molar-refractivity contribution in [2.75, 3.05) is 31.1 Å². The Bertz CT molecular complexity index is 257. The number of nitrogens with zero attached hydrogens (tertiary/aromatic N) is 3. The van der Waals surface area contributed by atoms with Gasteiger partial charge in [0.2, 0.25) is 0 Å². The van der Waals surface area contributed by atoms with Crippen molar-refractivity contribution in [3.05, 3.63) is 24.4 Å². The van der Waals surface area contributed by atoms with Crippen LogP contribution in [0.15, 0.2) is 24.4 Å². The number of pyridine rings is 1. The quantitative estimate of drug-likeness (QED) is 0.577. The van der Waals surface area contributed by atoms with Gasteiger partial charge in [-0.2, -0.15) is 0 Å². The average molecular weight is 289 g/mol. The van der Waals surface area contributed by atoms with Gasteiger partial charge in [0.05, 0.1) is 0 Å². The largest absolute Gasteiger partial charge is 0.354 e. The van der Waals surface area contributed by atoms with E-state index < -0.39 is 0 Å². The van der Waals surface area contributed by atoms with Gasteiger partial charge in [-0.1, -0.05) is 6.07 Å². The van der Waals surface area contributed by atoms with Gasteiger partial charge >= 0.3 is 0 Å². The fourth-order valence-electron chi connectivity index (χ4n) is 1.45. The monoisotopic (exact) mass is 289 g/mol. The fourth-order valence-corrected chi connectivity index (χ4v) is 1.88. The smallest absolute Gasteiger partial charge is 0.128 e. The zero-order valence-corrected chi connectivity index (χ0v) is 9.51. The summed E-state index contributed by atoms with van der Waals surface area (Å²) in [6.45, 7) is 4.41. The Morgan fingerprint density at radius 3 is 2.54 bits per heavy atom. The molecule has 0 bridgehead atoms. The second-order valence-electron chi connectivity index (χ2n) is 3.08. The molecule has 13 heavy (non-hydrogen) atoms. The Hall–Kier alpha value is -0.360. The molecule has 1 fully saturated rings. The second kappa shape index (κ2) is 4.23. The van der Waals surface area contributed by atoms with Gasteiger partial charge in [0.15, 0.2) is 0 Å². The molecule has 1 aromatic heterocycles. The summed E-state index contributed by atoms with van der Waals surface area (Å²) in [5.41, 5.74) is 0. The van der Waals surface area contributed by atoms with E-state index in [-0.39, 0.29) is 0 Å². The molecule has 3 nitrogen and oxygen atoms in total. The summed E-state index contributed by atoms with van der Waals surface area (Å²) in [5, 5.41) is 0. The van der Waals surface area contributed by atoms with E-state index in [1.807, 2.05) is 18.3 Å². The van der Waals surface area contributed by atoms with Crippen molar-refractivity contribution in [1.82, 2.24) is 8.10 Å². The van der Waals surface area contributed by atoms with E-state index in [1.54, 1.807) is 0 Å². The van der Waals surface area contributed by atoms with Crippen molar-refractivity contribution >= 4 is 28.7 Å². The van der Waals surface area contributed by atoms with E-state index >= 15 is 0 Å². The first kappa shape index (κ1) is 9.21. The highest BCUT2D eigenvalue weighted by Gasteiger charge is 2.15. The summed E-state index contributed by atoms with van der Waals surface area (Å²) in [5.74, 6) is 1.10. The minimum atomic E-state index is 1.08. The van der Waals surface area contributed by atoms with Gasteiger partial charge in [-0.05, 0) is 12.1 Å². The number of halogens is 1. The molecule has 4 heteroatoms. The van der Waals surface area contributed by atoms with E-state index in [1.165, 1.54) is 0 Å². The number of anilines is 1. The summed E-state index contributed by atoms with van der Waals surface area (Å²) < 4.78 is 2.32. The highest BCUT2D eigenvalue weighted by molar-refractivity contribution is 14.1. The van der Waals surface area contributed by atoms with E-state index in [4.69, 9.17) is 0 Å². The molecule has 0 unspecified atom stereocenters. The van der Waals surface area contributed by atoms with Crippen molar-refractivity contribution in [3.8, 4) is 0 Å². The maximum atomic E-state index is 4.33. The number of hydrogen-bond donors (Lipinski definition) is 0. The third-order valence-electron chi connectivity index (χ3n) is 2.20. The number of piperazine rings is 1. The lowest BCUT2D eigenvalue weighted by Crippen LogP contribution is -2.42. The van der Waals surface area contributed by atoms with E-state index in [0.717, 1.165) is 32.0 Å². The first-order chi connectivity index (χ1) is 6.36. The second-order valence-corrected chi connectivity index (χ2v) is 4.45. The lowest BCUT2D eigenvalue weighted by Gasteiger charge is -2.31. The van der Waals surface area contributed by atoms with E-state index in [0.29, 0.717) is 0 Å². The Morgan fingerprint density at radius 2 is 1.92 bits per heavy atom. The number of hydrogen-bond acceptors (Lipinski definition) is 3. The third-order valence-corrected chi connectivity index (χ3v) is 3.16. The topological polar surface area (TPSA) is 19.4 Å². The molecule has 0 radical (unpaired) electrons. The summed E-state index contributed by atoms with van der Waals surface area (Å²) >= 11 is 2.37. The molecule has 1 aromatic rings. The van der Waals surface area contributed by atoms with Gasteiger partial charge < -0.3 is 4.90 Å². The first-order valence-corrected chi connectivity index (χ1v) is 5.39. The Labute approximate surface area is 92.2 Å². The van der Waals surface area contributed by atoms with Crippen LogP contribution >= 0.6 is 22.9 Å². The fraction of sp³-hybridized carbons (Fsp3) is 0.444. The zero-order chi connectivity index (χ0) is 9.10. The minimum absolute atomic E-state index is 1.08. The zero-order valence-electron chi connectivity index (χ0n) is 7.36. The SMILES string of the molecule is IN1CCN(c2ccccn2)CC1. The van der Waals surface area contributed by atoms with Crippen LogP contribution in [0.1, 0.15) is 0 Å². The molecule has 1 aliphatic rings. The summed E-state index contributed by atoms with van der Waals surface area (Å²) in [4.78, 5) is 6.66. The number of aromatic nitrogens is 1. The van der Waals surface area contributed by atoms with Crippen molar-refractivity contribution < 1.29 is 0 Å². The maximum Gasteiger partial charge on any atom is 0.128 e. The van der Waals surface area contributed by atoms with Gasteiger partial charge in [0.1, 0.15) is 5.82 Å². The molecule has 0 aromatic carbocycles. The third kappa shape index (κ3) is 2.31. The van der Waals surface area contributed by atoms with Crippen LogP contribution < -0.4 is 4.90 Å².